The number of guanidine groups is 1. The van der Waals surface area contributed by atoms with Crippen molar-refractivity contribution in [2.24, 2.45) is 4.99 Å². The maximum Gasteiger partial charge on any atom is 0.191 e. The van der Waals surface area contributed by atoms with Gasteiger partial charge in [0.2, 0.25) is 0 Å². The molecular weight excluding hydrogens is 513 g/mol. The Kier molecular flexibility index (Phi) is 12.9. The number of aliphatic imine (C=N–C) groups is 1. The van der Waals surface area contributed by atoms with E-state index in [2.05, 4.69) is 58.5 Å². The van der Waals surface area contributed by atoms with Crippen molar-refractivity contribution >= 4 is 29.9 Å². The number of unbranched alkanes of at least 4 members (excludes halogenated alkanes) is 1. The second-order valence-electron chi connectivity index (χ2n) is 9.13. The first-order valence-corrected chi connectivity index (χ1v) is 12.4. The van der Waals surface area contributed by atoms with Crippen LogP contribution in [0.4, 0.5) is 0 Å². The molecule has 2 fully saturated rings. The number of aliphatic hydroxyl groups is 1. The van der Waals surface area contributed by atoms with Gasteiger partial charge in [-0.05, 0) is 56.7 Å². The van der Waals surface area contributed by atoms with Crippen LogP contribution in [0.25, 0.3) is 0 Å². The monoisotopic (exact) mass is 557 g/mol. The Balaban J connectivity index is 0.00000363. The first kappa shape index (κ1) is 27.3. The van der Waals surface area contributed by atoms with Crippen LogP contribution in [0.5, 0.6) is 0 Å². The first-order chi connectivity index (χ1) is 15.2. The summed E-state index contributed by atoms with van der Waals surface area (Å²) in [5.41, 5.74) is 2.58. The van der Waals surface area contributed by atoms with Crippen molar-refractivity contribution in [3.05, 3.63) is 35.4 Å². The summed E-state index contributed by atoms with van der Waals surface area (Å²) in [7, 11) is 0. The summed E-state index contributed by atoms with van der Waals surface area (Å²) in [6.45, 7) is 12.5. The fourth-order valence-electron chi connectivity index (χ4n) is 4.45. The van der Waals surface area contributed by atoms with E-state index in [0.717, 1.165) is 45.0 Å². The fourth-order valence-corrected chi connectivity index (χ4v) is 4.45. The van der Waals surface area contributed by atoms with Gasteiger partial charge >= 0.3 is 0 Å². The van der Waals surface area contributed by atoms with Crippen molar-refractivity contribution in [1.29, 1.82) is 0 Å². The number of hydrogen-bond donors (Lipinski definition) is 3. The van der Waals surface area contributed by atoms with Crippen molar-refractivity contribution in [1.82, 2.24) is 20.4 Å². The van der Waals surface area contributed by atoms with Crippen LogP contribution in [-0.2, 0) is 13.1 Å². The van der Waals surface area contributed by atoms with E-state index in [0.29, 0.717) is 12.6 Å². The number of halogens is 1. The molecule has 0 aliphatic carbocycles. The number of rotatable bonds is 9. The Morgan fingerprint density at radius 2 is 1.59 bits per heavy atom. The number of likely N-dealkylation sites (tertiary alicyclic amines) is 2. The highest BCUT2D eigenvalue weighted by Crippen LogP contribution is 2.15. The molecule has 32 heavy (non-hydrogen) atoms. The quantitative estimate of drug-likeness (QED) is 0.246. The van der Waals surface area contributed by atoms with Gasteiger partial charge < -0.3 is 20.6 Å². The van der Waals surface area contributed by atoms with Crippen molar-refractivity contribution in [3.8, 4) is 0 Å². The van der Waals surface area contributed by atoms with Crippen molar-refractivity contribution in [2.45, 2.75) is 77.6 Å². The SMILES string of the molecule is CCCCN1CCC(NC(=NCc2ccc(CN3CCC(O)CC3)cc2)NCC)CC1.I. The van der Waals surface area contributed by atoms with Crippen LogP contribution < -0.4 is 10.6 Å². The van der Waals surface area contributed by atoms with Gasteiger partial charge in [0.1, 0.15) is 0 Å². The molecule has 182 valence electrons. The lowest BCUT2D eigenvalue weighted by molar-refractivity contribution is 0.0792. The van der Waals surface area contributed by atoms with E-state index < -0.39 is 0 Å². The molecule has 6 nitrogen and oxygen atoms in total. The molecule has 0 atom stereocenters. The number of nitrogens with one attached hydrogen (secondary N) is 2. The molecule has 1 aromatic carbocycles. The highest BCUT2D eigenvalue weighted by atomic mass is 127. The zero-order valence-electron chi connectivity index (χ0n) is 20.1. The lowest BCUT2D eigenvalue weighted by Crippen LogP contribution is -2.48. The van der Waals surface area contributed by atoms with Crippen molar-refractivity contribution in [3.63, 3.8) is 0 Å². The van der Waals surface area contributed by atoms with Gasteiger partial charge in [0.15, 0.2) is 5.96 Å². The van der Waals surface area contributed by atoms with Gasteiger partial charge in [-0.25, -0.2) is 4.99 Å². The molecule has 3 rings (SSSR count). The minimum atomic E-state index is -0.107. The zero-order valence-corrected chi connectivity index (χ0v) is 22.4. The molecule has 0 radical (unpaired) electrons. The average Bonchev–Trinajstić information content (AvgIpc) is 2.79. The van der Waals surface area contributed by atoms with Crippen LogP contribution in [0.2, 0.25) is 0 Å². The van der Waals surface area contributed by atoms with E-state index >= 15 is 0 Å². The highest BCUT2D eigenvalue weighted by Gasteiger charge is 2.19. The molecule has 0 saturated carbocycles. The van der Waals surface area contributed by atoms with Gasteiger partial charge in [0, 0.05) is 45.3 Å². The summed E-state index contributed by atoms with van der Waals surface area (Å²) in [4.78, 5) is 9.87. The molecular formula is C25H44IN5O. The summed E-state index contributed by atoms with van der Waals surface area (Å²) in [5.74, 6) is 0.936. The summed E-state index contributed by atoms with van der Waals surface area (Å²) in [6, 6.07) is 9.37. The number of piperidine rings is 2. The number of benzene rings is 1. The summed E-state index contributed by atoms with van der Waals surface area (Å²) in [6.07, 6.45) is 6.65. The third kappa shape index (κ3) is 9.53. The standard InChI is InChI=1S/C25H43N5O.HI/c1-3-5-14-29-15-10-23(11-16-29)28-25(26-4-2)27-19-21-6-8-22(9-7-21)20-30-17-12-24(31)13-18-30;/h6-9,23-24,31H,3-5,10-20H2,1-2H3,(H2,26,27,28);1H. The van der Waals surface area contributed by atoms with Crippen molar-refractivity contribution in [2.75, 3.05) is 39.3 Å². The fraction of sp³-hybridized carbons (Fsp3) is 0.720. The van der Waals surface area contributed by atoms with Crippen LogP contribution in [-0.4, -0.2) is 72.3 Å². The van der Waals surface area contributed by atoms with Crippen LogP contribution in [0.1, 0.15) is 63.5 Å². The third-order valence-corrected chi connectivity index (χ3v) is 6.51. The third-order valence-electron chi connectivity index (χ3n) is 6.51. The molecule has 2 aliphatic rings. The van der Waals surface area contributed by atoms with Crippen molar-refractivity contribution < 1.29 is 5.11 Å². The highest BCUT2D eigenvalue weighted by molar-refractivity contribution is 14.0. The van der Waals surface area contributed by atoms with E-state index in [-0.39, 0.29) is 30.1 Å². The Bertz CT molecular complexity index is 653. The van der Waals surface area contributed by atoms with Crippen LogP contribution >= 0.6 is 24.0 Å². The second kappa shape index (κ2) is 15.1. The average molecular weight is 558 g/mol. The zero-order chi connectivity index (χ0) is 21.9. The molecule has 0 bridgehead atoms. The molecule has 7 heteroatoms. The maximum atomic E-state index is 9.67. The van der Waals surface area contributed by atoms with Gasteiger partial charge in [0.05, 0.1) is 12.6 Å². The van der Waals surface area contributed by atoms with E-state index in [4.69, 9.17) is 4.99 Å². The first-order valence-electron chi connectivity index (χ1n) is 12.4. The van der Waals surface area contributed by atoms with Gasteiger partial charge in [-0.3, -0.25) is 4.90 Å². The Hall–Kier alpha value is -0.900. The Labute approximate surface area is 212 Å². The smallest absolute Gasteiger partial charge is 0.191 e. The van der Waals surface area contributed by atoms with E-state index in [1.165, 1.54) is 56.4 Å². The molecule has 0 unspecified atom stereocenters. The lowest BCUT2D eigenvalue weighted by Gasteiger charge is -2.33. The molecule has 0 spiro atoms. The van der Waals surface area contributed by atoms with Crippen LogP contribution in [0.15, 0.2) is 29.3 Å². The molecule has 2 heterocycles. The van der Waals surface area contributed by atoms with E-state index in [1.807, 2.05) is 0 Å². The van der Waals surface area contributed by atoms with Gasteiger partial charge in [-0.1, -0.05) is 37.6 Å². The van der Waals surface area contributed by atoms with Crippen LogP contribution in [0, 0.1) is 0 Å². The number of hydrogen-bond acceptors (Lipinski definition) is 4. The molecule has 1 aromatic rings. The Morgan fingerprint density at radius 1 is 0.969 bits per heavy atom. The predicted molar refractivity (Wildman–Crippen MR) is 145 cm³/mol. The molecule has 3 N–H and O–H groups in total. The summed E-state index contributed by atoms with van der Waals surface area (Å²) < 4.78 is 0. The molecule has 0 amide bonds. The summed E-state index contributed by atoms with van der Waals surface area (Å²) >= 11 is 0. The normalized spacial score (nSPS) is 19.5. The van der Waals surface area contributed by atoms with Gasteiger partial charge in [-0.2, -0.15) is 0 Å². The molecule has 2 aliphatic heterocycles. The van der Waals surface area contributed by atoms with E-state index in [1.54, 1.807) is 0 Å². The minimum absolute atomic E-state index is 0. The van der Waals surface area contributed by atoms with Crippen LogP contribution in [0.3, 0.4) is 0 Å². The number of aliphatic hydroxyl groups excluding tert-OH is 1. The van der Waals surface area contributed by atoms with Gasteiger partial charge in [-0.15, -0.1) is 24.0 Å². The topological polar surface area (TPSA) is 63.1 Å². The lowest BCUT2D eigenvalue weighted by atomic mass is 10.0. The molecule has 2 saturated heterocycles. The summed E-state index contributed by atoms with van der Waals surface area (Å²) in [5, 5.41) is 16.7. The largest absolute Gasteiger partial charge is 0.393 e. The maximum absolute atomic E-state index is 9.67. The van der Waals surface area contributed by atoms with E-state index in [9.17, 15) is 5.11 Å². The second-order valence-corrected chi connectivity index (χ2v) is 9.13. The predicted octanol–water partition coefficient (Wildman–Crippen LogP) is 3.58. The van der Waals surface area contributed by atoms with Gasteiger partial charge in [0.25, 0.3) is 0 Å². The minimum Gasteiger partial charge on any atom is -0.393 e. The molecule has 0 aromatic heterocycles. The Morgan fingerprint density at radius 3 is 2.22 bits per heavy atom. The number of nitrogens with zero attached hydrogens (tertiary/aromatic N) is 3.